The fraction of sp³-hybridized carbons (Fsp3) is 0.385. The number of rotatable bonds is 2. The molecule has 6 heteroatoms. The first-order valence-corrected chi connectivity index (χ1v) is 7.38. The molecule has 0 amide bonds. The predicted molar refractivity (Wildman–Crippen MR) is 83.5 cm³/mol. The summed E-state index contributed by atoms with van der Waals surface area (Å²) in [6.07, 6.45) is 2.32. The van der Waals surface area contributed by atoms with Crippen molar-refractivity contribution in [3.05, 3.63) is 29.4 Å². The SMILES string of the molecule is Cl.Clc1nc2ccccc2nc1SC1CCNCC1. The van der Waals surface area contributed by atoms with Gasteiger partial charge in [-0.15, -0.1) is 12.4 Å². The van der Waals surface area contributed by atoms with Gasteiger partial charge in [-0.25, -0.2) is 9.97 Å². The van der Waals surface area contributed by atoms with E-state index in [1.807, 2.05) is 24.3 Å². The largest absolute Gasteiger partial charge is 0.317 e. The van der Waals surface area contributed by atoms with Crippen molar-refractivity contribution in [2.45, 2.75) is 23.1 Å². The zero-order valence-corrected chi connectivity index (χ0v) is 12.7. The smallest absolute Gasteiger partial charge is 0.161 e. The summed E-state index contributed by atoms with van der Waals surface area (Å²) in [5.74, 6) is 0. The number of piperidine rings is 1. The van der Waals surface area contributed by atoms with E-state index in [-0.39, 0.29) is 12.4 Å². The maximum atomic E-state index is 6.21. The normalized spacial score (nSPS) is 16.3. The van der Waals surface area contributed by atoms with Crippen LogP contribution in [0.4, 0.5) is 0 Å². The van der Waals surface area contributed by atoms with Crippen molar-refractivity contribution in [2.75, 3.05) is 13.1 Å². The second-order valence-corrected chi connectivity index (χ2v) is 6.02. The molecule has 1 aliphatic rings. The third kappa shape index (κ3) is 3.51. The molecule has 3 rings (SSSR count). The Labute approximate surface area is 128 Å². The number of fused-ring (bicyclic) bond motifs is 1. The molecule has 2 aromatic rings. The van der Waals surface area contributed by atoms with Gasteiger partial charge in [0.1, 0.15) is 5.03 Å². The van der Waals surface area contributed by atoms with Crippen LogP contribution >= 0.6 is 35.8 Å². The van der Waals surface area contributed by atoms with E-state index in [1.54, 1.807) is 11.8 Å². The Balaban J connectivity index is 0.00000133. The maximum Gasteiger partial charge on any atom is 0.161 e. The van der Waals surface area contributed by atoms with Gasteiger partial charge in [0.25, 0.3) is 0 Å². The number of thioether (sulfide) groups is 1. The molecule has 102 valence electrons. The highest BCUT2D eigenvalue weighted by molar-refractivity contribution is 8.00. The highest BCUT2D eigenvalue weighted by Crippen LogP contribution is 2.32. The first-order chi connectivity index (χ1) is 8.83. The van der Waals surface area contributed by atoms with Crippen molar-refractivity contribution in [2.24, 2.45) is 0 Å². The van der Waals surface area contributed by atoms with E-state index in [9.17, 15) is 0 Å². The molecule has 0 atom stereocenters. The van der Waals surface area contributed by atoms with Crippen LogP contribution in [0.3, 0.4) is 0 Å². The summed E-state index contributed by atoms with van der Waals surface area (Å²) in [6, 6.07) is 7.84. The van der Waals surface area contributed by atoms with E-state index in [0.29, 0.717) is 10.4 Å². The Kier molecular flexibility index (Phi) is 5.28. The second-order valence-electron chi connectivity index (χ2n) is 4.38. The summed E-state index contributed by atoms with van der Waals surface area (Å²) in [6.45, 7) is 2.16. The molecule has 0 saturated carbocycles. The van der Waals surface area contributed by atoms with Crippen LogP contribution < -0.4 is 5.32 Å². The number of aromatic nitrogens is 2. The van der Waals surface area contributed by atoms with Crippen molar-refractivity contribution in [3.63, 3.8) is 0 Å². The van der Waals surface area contributed by atoms with Gasteiger partial charge < -0.3 is 5.32 Å². The average molecular weight is 316 g/mol. The van der Waals surface area contributed by atoms with Gasteiger partial charge in [-0.3, -0.25) is 0 Å². The van der Waals surface area contributed by atoms with E-state index in [4.69, 9.17) is 11.6 Å². The molecule has 1 N–H and O–H groups in total. The number of nitrogens with zero attached hydrogens (tertiary/aromatic N) is 2. The van der Waals surface area contributed by atoms with Gasteiger partial charge in [0.05, 0.1) is 11.0 Å². The van der Waals surface area contributed by atoms with Crippen molar-refractivity contribution in [1.82, 2.24) is 15.3 Å². The molecule has 2 heterocycles. The zero-order chi connectivity index (χ0) is 12.4. The van der Waals surface area contributed by atoms with Crippen LogP contribution in [0.15, 0.2) is 29.3 Å². The van der Waals surface area contributed by atoms with Crippen LogP contribution in [-0.2, 0) is 0 Å². The first-order valence-electron chi connectivity index (χ1n) is 6.12. The minimum absolute atomic E-state index is 0. The van der Waals surface area contributed by atoms with Crippen molar-refractivity contribution in [3.8, 4) is 0 Å². The lowest BCUT2D eigenvalue weighted by Crippen LogP contribution is -2.29. The van der Waals surface area contributed by atoms with Gasteiger partial charge in [-0.2, -0.15) is 0 Å². The van der Waals surface area contributed by atoms with Gasteiger partial charge in [0, 0.05) is 5.25 Å². The average Bonchev–Trinajstić information content (AvgIpc) is 2.41. The Morgan fingerprint density at radius 2 is 1.74 bits per heavy atom. The monoisotopic (exact) mass is 315 g/mol. The Bertz CT molecular complexity index is 559. The molecular weight excluding hydrogens is 301 g/mol. The summed E-state index contributed by atoms with van der Waals surface area (Å²) >= 11 is 7.97. The van der Waals surface area contributed by atoms with Gasteiger partial charge in [-0.1, -0.05) is 35.5 Å². The summed E-state index contributed by atoms with van der Waals surface area (Å²) in [7, 11) is 0. The molecule has 0 aliphatic carbocycles. The quantitative estimate of drug-likeness (QED) is 0.919. The Morgan fingerprint density at radius 1 is 1.11 bits per heavy atom. The number of hydrogen-bond acceptors (Lipinski definition) is 4. The highest BCUT2D eigenvalue weighted by atomic mass is 35.5. The van der Waals surface area contributed by atoms with E-state index < -0.39 is 0 Å². The standard InChI is InChI=1S/C13H14ClN3S.ClH/c14-12-13(18-9-5-7-15-8-6-9)17-11-4-2-1-3-10(11)16-12;/h1-4,9,15H,5-8H2;1H. The lowest BCUT2D eigenvalue weighted by Gasteiger charge is -2.21. The lowest BCUT2D eigenvalue weighted by molar-refractivity contribution is 0.531. The van der Waals surface area contributed by atoms with Crippen molar-refractivity contribution in [1.29, 1.82) is 0 Å². The molecule has 1 fully saturated rings. The van der Waals surface area contributed by atoms with Crippen LogP contribution in [0, 0.1) is 0 Å². The second kappa shape index (κ2) is 6.75. The molecule has 1 aromatic carbocycles. The van der Waals surface area contributed by atoms with Crippen LogP contribution in [0.25, 0.3) is 11.0 Å². The van der Waals surface area contributed by atoms with Crippen LogP contribution in [-0.4, -0.2) is 28.3 Å². The number of nitrogens with one attached hydrogen (secondary N) is 1. The summed E-state index contributed by atoms with van der Waals surface area (Å²) in [5.41, 5.74) is 1.77. The van der Waals surface area contributed by atoms with Crippen molar-refractivity contribution < 1.29 is 0 Å². The van der Waals surface area contributed by atoms with Crippen LogP contribution in [0.2, 0.25) is 5.15 Å². The number of benzene rings is 1. The molecule has 0 unspecified atom stereocenters. The predicted octanol–water partition coefficient (Wildman–Crippen LogP) is 3.55. The molecule has 19 heavy (non-hydrogen) atoms. The van der Waals surface area contributed by atoms with Gasteiger partial charge >= 0.3 is 0 Å². The fourth-order valence-corrected chi connectivity index (χ4v) is 3.46. The third-order valence-corrected chi connectivity index (χ3v) is 4.75. The maximum absolute atomic E-state index is 6.21. The third-order valence-electron chi connectivity index (χ3n) is 3.06. The minimum Gasteiger partial charge on any atom is -0.317 e. The lowest BCUT2D eigenvalue weighted by atomic mass is 10.2. The molecule has 0 spiro atoms. The molecule has 1 saturated heterocycles. The number of para-hydroxylation sites is 2. The number of halogens is 2. The van der Waals surface area contributed by atoms with Crippen LogP contribution in [0.5, 0.6) is 0 Å². The highest BCUT2D eigenvalue weighted by Gasteiger charge is 2.17. The molecular formula is C13H15Cl2N3S. The first kappa shape index (κ1) is 14.9. The zero-order valence-electron chi connectivity index (χ0n) is 10.3. The molecule has 1 aliphatic heterocycles. The van der Waals surface area contributed by atoms with E-state index in [0.717, 1.165) is 42.0 Å². The van der Waals surface area contributed by atoms with Crippen LogP contribution in [0.1, 0.15) is 12.8 Å². The fourth-order valence-electron chi connectivity index (χ4n) is 2.11. The molecule has 0 radical (unpaired) electrons. The van der Waals surface area contributed by atoms with Gasteiger partial charge in [-0.05, 0) is 38.1 Å². The summed E-state index contributed by atoms with van der Waals surface area (Å²) in [5, 5.41) is 5.35. The Morgan fingerprint density at radius 3 is 2.42 bits per heavy atom. The van der Waals surface area contributed by atoms with E-state index in [1.165, 1.54) is 0 Å². The molecule has 3 nitrogen and oxygen atoms in total. The Hall–Kier alpha value is -0.550. The van der Waals surface area contributed by atoms with E-state index >= 15 is 0 Å². The number of hydrogen-bond donors (Lipinski definition) is 1. The van der Waals surface area contributed by atoms with Crippen molar-refractivity contribution >= 4 is 46.8 Å². The summed E-state index contributed by atoms with van der Waals surface area (Å²) in [4.78, 5) is 9.02. The van der Waals surface area contributed by atoms with E-state index in [2.05, 4.69) is 15.3 Å². The topological polar surface area (TPSA) is 37.8 Å². The minimum atomic E-state index is 0. The summed E-state index contributed by atoms with van der Waals surface area (Å²) < 4.78 is 0. The van der Waals surface area contributed by atoms with Gasteiger partial charge in [0.2, 0.25) is 0 Å². The molecule has 1 aromatic heterocycles. The van der Waals surface area contributed by atoms with Gasteiger partial charge in [0.15, 0.2) is 5.15 Å². The molecule has 0 bridgehead atoms.